The van der Waals surface area contributed by atoms with Crippen LogP contribution in [0.15, 0.2) is 12.5 Å². The summed E-state index contributed by atoms with van der Waals surface area (Å²) in [5.41, 5.74) is 0.667. The van der Waals surface area contributed by atoms with Gasteiger partial charge in [0.25, 0.3) is 0 Å². The number of nitrogens with zero attached hydrogens (tertiary/aromatic N) is 6. The number of aromatic nitrogens is 4. The third-order valence-corrected chi connectivity index (χ3v) is 4.64. The molecule has 9 heteroatoms. The van der Waals surface area contributed by atoms with E-state index in [4.69, 9.17) is 4.74 Å². The van der Waals surface area contributed by atoms with Crippen molar-refractivity contribution < 1.29 is 13.9 Å². The molecule has 0 bridgehead atoms. The number of ether oxygens (including phenoxy) is 1. The molecule has 0 spiro atoms. The topological polar surface area (TPSA) is 76.4 Å². The zero-order chi connectivity index (χ0) is 16.7. The van der Waals surface area contributed by atoms with Crippen molar-refractivity contribution in [1.29, 1.82) is 0 Å². The molecule has 2 aromatic heterocycles. The first kappa shape index (κ1) is 15.3. The highest BCUT2D eigenvalue weighted by molar-refractivity contribution is 5.92. The molecule has 1 amide bonds. The van der Waals surface area contributed by atoms with Gasteiger partial charge in [-0.3, -0.25) is 9.48 Å². The molecule has 0 saturated carbocycles. The molecule has 8 nitrogen and oxygen atoms in total. The summed E-state index contributed by atoms with van der Waals surface area (Å²) in [5.74, 6) is 0.508. The van der Waals surface area contributed by atoms with Crippen LogP contribution in [0.2, 0.25) is 0 Å². The Kier molecular flexibility index (Phi) is 3.79. The van der Waals surface area contributed by atoms with Gasteiger partial charge >= 0.3 is 0 Å². The average molecular weight is 334 g/mol. The van der Waals surface area contributed by atoms with E-state index in [1.54, 1.807) is 27.7 Å². The van der Waals surface area contributed by atoms with E-state index in [0.29, 0.717) is 37.8 Å². The molecule has 4 rings (SSSR count). The van der Waals surface area contributed by atoms with Crippen LogP contribution in [-0.2, 0) is 16.6 Å². The zero-order valence-corrected chi connectivity index (χ0v) is 13.4. The summed E-state index contributed by atoms with van der Waals surface area (Å²) in [6.45, 7) is 2.30. The van der Waals surface area contributed by atoms with Crippen molar-refractivity contribution >= 4 is 22.8 Å². The molecular weight excluding hydrogens is 315 g/mol. The van der Waals surface area contributed by atoms with Gasteiger partial charge in [-0.05, 0) is 0 Å². The van der Waals surface area contributed by atoms with E-state index in [2.05, 4.69) is 15.1 Å². The number of morpholine rings is 1. The lowest BCUT2D eigenvalue weighted by Crippen LogP contribution is -2.50. The Hall–Kier alpha value is -2.29. The highest BCUT2D eigenvalue weighted by atomic mass is 19.1. The van der Waals surface area contributed by atoms with Gasteiger partial charge in [-0.2, -0.15) is 5.10 Å². The number of hydrogen-bond donors (Lipinski definition) is 0. The van der Waals surface area contributed by atoms with Gasteiger partial charge in [0.05, 0.1) is 31.3 Å². The highest BCUT2D eigenvalue weighted by Gasteiger charge is 2.40. The van der Waals surface area contributed by atoms with E-state index in [0.717, 1.165) is 5.39 Å². The van der Waals surface area contributed by atoms with Gasteiger partial charge in [0, 0.05) is 26.6 Å². The first-order valence-corrected chi connectivity index (χ1v) is 8.05. The standard InChI is InChI=1S/C15H19FN6O2/c1-20-13-11(7-19-20)14(18-9-17-13)22-8-10(16)6-12(22)15(23)21-2-4-24-5-3-21/h7,9-10,12H,2-6,8H2,1H3/t10-,12+/m1/s1. The first-order valence-electron chi connectivity index (χ1n) is 8.05. The number of hydrogen-bond acceptors (Lipinski definition) is 6. The Labute approximate surface area is 138 Å². The maximum absolute atomic E-state index is 14.1. The molecule has 0 aliphatic carbocycles. The lowest BCUT2D eigenvalue weighted by Gasteiger charge is -2.32. The number of amides is 1. The molecule has 2 fully saturated rings. The lowest BCUT2D eigenvalue weighted by molar-refractivity contribution is -0.136. The maximum atomic E-state index is 14.1. The number of rotatable bonds is 2. The normalized spacial score (nSPS) is 24.8. The minimum atomic E-state index is -1.05. The average Bonchev–Trinajstić information content (AvgIpc) is 3.18. The van der Waals surface area contributed by atoms with E-state index < -0.39 is 12.2 Å². The summed E-state index contributed by atoms with van der Waals surface area (Å²) >= 11 is 0. The summed E-state index contributed by atoms with van der Waals surface area (Å²) in [7, 11) is 1.79. The van der Waals surface area contributed by atoms with Crippen molar-refractivity contribution in [1.82, 2.24) is 24.6 Å². The van der Waals surface area contributed by atoms with E-state index in [1.807, 2.05) is 0 Å². The zero-order valence-electron chi connectivity index (χ0n) is 13.4. The Morgan fingerprint density at radius 2 is 2.12 bits per heavy atom. The van der Waals surface area contributed by atoms with Crippen LogP contribution < -0.4 is 4.90 Å². The van der Waals surface area contributed by atoms with Crippen LogP contribution in [0.25, 0.3) is 11.0 Å². The minimum absolute atomic E-state index is 0.0610. The molecule has 0 N–H and O–H groups in total. The van der Waals surface area contributed by atoms with E-state index in [1.165, 1.54) is 6.33 Å². The number of anilines is 1. The first-order chi connectivity index (χ1) is 11.6. The van der Waals surface area contributed by atoms with Gasteiger partial charge in [0.1, 0.15) is 24.4 Å². The Morgan fingerprint density at radius 1 is 1.33 bits per heavy atom. The van der Waals surface area contributed by atoms with Crippen LogP contribution in [-0.4, -0.2) is 75.6 Å². The van der Waals surface area contributed by atoms with Crippen molar-refractivity contribution in [2.75, 3.05) is 37.7 Å². The summed E-state index contributed by atoms with van der Waals surface area (Å²) in [6.07, 6.45) is 2.22. The van der Waals surface area contributed by atoms with Crippen LogP contribution in [0, 0.1) is 0 Å². The van der Waals surface area contributed by atoms with E-state index in [-0.39, 0.29) is 18.9 Å². The molecule has 2 atom stereocenters. The Bertz CT molecular complexity index is 760. The number of carbonyl (C=O) groups excluding carboxylic acids is 1. The number of halogens is 1. The van der Waals surface area contributed by atoms with E-state index in [9.17, 15) is 9.18 Å². The monoisotopic (exact) mass is 334 g/mol. The van der Waals surface area contributed by atoms with Gasteiger partial charge in [0.15, 0.2) is 5.65 Å². The van der Waals surface area contributed by atoms with E-state index >= 15 is 0 Å². The molecule has 2 aliphatic heterocycles. The molecule has 2 aromatic rings. The molecule has 0 radical (unpaired) electrons. The van der Waals surface area contributed by atoms with Crippen LogP contribution in [0.1, 0.15) is 6.42 Å². The largest absolute Gasteiger partial charge is 0.378 e. The molecule has 2 saturated heterocycles. The highest BCUT2D eigenvalue weighted by Crippen LogP contribution is 2.31. The molecule has 24 heavy (non-hydrogen) atoms. The molecular formula is C15H19FN6O2. The SMILES string of the molecule is Cn1ncc2c(N3C[C@H](F)C[C@H]3C(=O)N3CCOCC3)ncnc21. The molecule has 4 heterocycles. The molecule has 2 aliphatic rings. The summed E-state index contributed by atoms with van der Waals surface area (Å²) in [6, 6.07) is -0.545. The van der Waals surface area contributed by atoms with Gasteiger partial charge in [-0.15, -0.1) is 0 Å². The lowest BCUT2D eigenvalue weighted by atomic mass is 10.1. The van der Waals surface area contributed by atoms with Crippen LogP contribution >= 0.6 is 0 Å². The van der Waals surface area contributed by atoms with Crippen molar-refractivity contribution in [3.63, 3.8) is 0 Å². The second-order valence-corrected chi connectivity index (χ2v) is 6.14. The third-order valence-electron chi connectivity index (χ3n) is 4.64. The summed E-state index contributed by atoms with van der Waals surface area (Å²) in [4.78, 5) is 24.9. The van der Waals surface area contributed by atoms with Crippen LogP contribution in [0.5, 0.6) is 0 Å². The van der Waals surface area contributed by atoms with Crippen LogP contribution in [0.4, 0.5) is 10.2 Å². The second kappa shape index (κ2) is 5.97. The second-order valence-electron chi connectivity index (χ2n) is 6.14. The van der Waals surface area contributed by atoms with Gasteiger partial charge in [-0.1, -0.05) is 0 Å². The van der Waals surface area contributed by atoms with Gasteiger partial charge < -0.3 is 14.5 Å². The third kappa shape index (κ3) is 2.48. The van der Waals surface area contributed by atoms with Crippen molar-refractivity contribution in [2.24, 2.45) is 7.05 Å². The predicted octanol–water partition coefficient (Wildman–Crippen LogP) is 0.139. The fourth-order valence-corrected chi connectivity index (χ4v) is 3.43. The maximum Gasteiger partial charge on any atom is 0.245 e. The number of carbonyl (C=O) groups is 1. The Balaban J connectivity index is 1.68. The summed E-state index contributed by atoms with van der Waals surface area (Å²) in [5, 5.41) is 4.92. The number of alkyl halides is 1. The van der Waals surface area contributed by atoms with Crippen LogP contribution in [0.3, 0.4) is 0 Å². The fourth-order valence-electron chi connectivity index (χ4n) is 3.43. The summed E-state index contributed by atoms with van der Waals surface area (Å²) < 4.78 is 21.1. The fraction of sp³-hybridized carbons (Fsp3) is 0.600. The predicted molar refractivity (Wildman–Crippen MR) is 84.4 cm³/mol. The van der Waals surface area contributed by atoms with Gasteiger partial charge in [-0.25, -0.2) is 14.4 Å². The molecule has 0 unspecified atom stereocenters. The van der Waals surface area contributed by atoms with Gasteiger partial charge in [0.2, 0.25) is 5.91 Å². The molecule has 128 valence electrons. The molecule has 0 aromatic carbocycles. The minimum Gasteiger partial charge on any atom is -0.378 e. The van der Waals surface area contributed by atoms with Crippen molar-refractivity contribution in [2.45, 2.75) is 18.6 Å². The Morgan fingerprint density at radius 3 is 2.92 bits per heavy atom. The van der Waals surface area contributed by atoms with Crippen molar-refractivity contribution in [3.05, 3.63) is 12.5 Å². The number of aryl methyl sites for hydroxylation is 1. The van der Waals surface area contributed by atoms with Crippen molar-refractivity contribution in [3.8, 4) is 0 Å². The number of fused-ring (bicyclic) bond motifs is 1. The quantitative estimate of drug-likeness (QED) is 0.778. The smallest absolute Gasteiger partial charge is 0.245 e.